The predicted octanol–water partition coefficient (Wildman–Crippen LogP) is 19.8. The van der Waals surface area contributed by atoms with Gasteiger partial charge >= 0.3 is 0 Å². The summed E-state index contributed by atoms with van der Waals surface area (Å²) in [7, 11) is 0. The lowest BCUT2D eigenvalue weighted by Gasteiger charge is -2.44. The van der Waals surface area contributed by atoms with Crippen LogP contribution in [0.3, 0.4) is 0 Å². The number of rotatable bonds is 10. The number of para-hydroxylation sites is 4. The second-order valence-corrected chi connectivity index (χ2v) is 25.9. The molecule has 0 radical (unpaired) electrons. The van der Waals surface area contributed by atoms with E-state index >= 15 is 0 Å². The highest BCUT2D eigenvalue weighted by Gasteiger charge is 2.43. The van der Waals surface area contributed by atoms with Crippen LogP contribution in [0, 0.1) is 0 Å². The molecule has 0 fully saturated rings. The molecule has 0 atom stereocenters. The molecule has 1 aliphatic carbocycles. The Morgan fingerprint density at radius 3 is 1.47 bits per heavy atom. The summed E-state index contributed by atoms with van der Waals surface area (Å²) in [5.74, 6) is 2.28. The first-order valence-corrected chi connectivity index (χ1v) is 33.2. The van der Waals surface area contributed by atoms with Crippen molar-refractivity contribution in [3.63, 3.8) is 0 Å². The molecule has 13 aromatic carbocycles. The van der Waals surface area contributed by atoms with Crippen molar-refractivity contribution in [2.24, 2.45) is 0 Å². The van der Waals surface area contributed by atoms with E-state index in [1.54, 1.807) is 0 Å². The summed E-state index contributed by atoms with van der Waals surface area (Å²) in [6, 6.07) is 115. The topological polar surface area (TPSA) is 75.9 Å². The highest BCUT2D eigenvalue weighted by atomic mass is 15.2. The second-order valence-electron chi connectivity index (χ2n) is 25.9. The molecule has 0 saturated carbocycles. The number of hydrogen-bond donors (Lipinski definition) is 0. The van der Waals surface area contributed by atoms with Crippen LogP contribution in [0.25, 0.3) is 118 Å². The maximum Gasteiger partial charge on any atom is 0.252 e. The van der Waals surface area contributed by atoms with Gasteiger partial charge in [-0.3, -0.25) is 0 Å². The fourth-order valence-corrected chi connectivity index (χ4v) is 15.5. The minimum atomic E-state index is -0.232. The molecule has 19 rings (SSSR count). The summed E-state index contributed by atoms with van der Waals surface area (Å²) in [4.78, 5) is 32.0. The van der Waals surface area contributed by atoms with Crippen LogP contribution in [-0.2, 0) is 5.41 Å². The molecule has 0 unspecified atom stereocenters. The fraction of sp³-hybridized carbons (Fsp3) is 0.0341. The molecule has 0 saturated heterocycles. The Morgan fingerprint density at radius 2 is 0.784 bits per heavy atom. The van der Waals surface area contributed by atoms with Crippen LogP contribution in [0.15, 0.2) is 322 Å². The van der Waals surface area contributed by atoms with E-state index in [9.17, 15) is 0 Å². The Morgan fingerprint density at radius 1 is 0.278 bits per heavy atom. The minimum Gasteiger partial charge on any atom is -0.311 e. The molecule has 0 spiro atoms. The van der Waals surface area contributed by atoms with Crippen LogP contribution in [0.5, 0.6) is 0 Å². The summed E-state index contributed by atoms with van der Waals surface area (Å²) >= 11 is 0. The Balaban J connectivity index is 0.773. The van der Waals surface area contributed by atoms with E-state index in [1.165, 1.54) is 66.8 Å². The Hall–Kier alpha value is -12.6. The summed E-state index contributed by atoms with van der Waals surface area (Å²) in [6.07, 6.45) is 0. The van der Waals surface area contributed by atoms with E-state index in [0.29, 0.717) is 23.3 Å². The SMILES string of the molecule is CC1(C)c2ccccc2-c2cc3c4ccccc4n(-c4ccc(-c5cc(-c6ccccc6)nc(-c6ccccc6)n5)cc4-c4nc(-c5ccccc5)nc(-c5cccc(-c6ccc(N7c8ccccc8B8c9ccccc9N(c9ccccc9)c9cccc7c98)cc6)c5)n4)c3cc21. The molecule has 97 heavy (non-hydrogen) atoms. The molecule has 5 heterocycles. The number of aromatic nitrogens is 6. The van der Waals surface area contributed by atoms with Crippen molar-refractivity contribution >= 4 is 79.0 Å². The summed E-state index contributed by atoms with van der Waals surface area (Å²) in [6.45, 7) is 4.76. The number of hydrogen-bond acceptors (Lipinski definition) is 7. The molecule has 16 aromatic rings. The van der Waals surface area contributed by atoms with Crippen LogP contribution in [-0.4, -0.2) is 36.2 Å². The van der Waals surface area contributed by atoms with Crippen LogP contribution in [0.2, 0.25) is 0 Å². The molecule has 9 heteroatoms. The van der Waals surface area contributed by atoms with Crippen LogP contribution in [0.4, 0.5) is 34.1 Å². The fourth-order valence-electron chi connectivity index (χ4n) is 15.5. The minimum absolute atomic E-state index is 0.0614. The number of fused-ring (bicyclic) bond motifs is 10. The molecular weight excluding hydrogens is 1180 g/mol. The monoisotopic (exact) mass is 1240 g/mol. The molecule has 3 aliphatic rings. The molecule has 2 aliphatic heterocycles. The largest absolute Gasteiger partial charge is 0.311 e. The first kappa shape index (κ1) is 56.0. The average molecular weight is 1240 g/mol. The zero-order valence-electron chi connectivity index (χ0n) is 53.3. The lowest BCUT2D eigenvalue weighted by molar-refractivity contribution is 0.661. The summed E-state index contributed by atoms with van der Waals surface area (Å²) in [5, 5.41) is 2.34. The third kappa shape index (κ3) is 9.11. The normalized spacial score (nSPS) is 13.1. The van der Waals surface area contributed by atoms with Crippen LogP contribution >= 0.6 is 0 Å². The van der Waals surface area contributed by atoms with Gasteiger partial charge in [0.2, 0.25) is 0 Å². The van der Waals surface area contributed by atoms with Crippen molar-refractivity contribution in [1.29, 1.82) is 0 Å². The average Bonchev–Trinajstić information content (AvgIpc) is 1.05. The van der Waals surface area contributed by atoms with Gasteiger partial charge in [0.25, 0.3) is 6.71 Å². The van der Waals surface area contributed by atoms with Crippen molar-refractivity contribution in [1.82, 2.24) is 29.5 Å². The van der Waals surface area contributed by atoms with E-state index in [2.05, 4.69) is 307 Å². The van der Waals surface area contributed by atoms with E-state index < -0.39 is 0 Å². The zero-order valence-corrected chi connectivity index (χ0v) is 53.3. The van der Waals surface area contributed by atoms with Crippen molar-refractivity contribution in [2.45, 2.75) is 19.3 Å². The maximum absolute atomic E-state index is 5.64. The van der Waals surface area contributed by atoms with E-state index in [4.69, 9.17) is 24.9 Å². The first-order valence-electron chi connectivity index (χ1n) is 33.2. The van der Waals surface area contributed by atoms with E-state index in [0.717, 1.165) is 89.4 Å². The maximum atomic E-state index is 5.64. The summed E-state index contributed by atoms with van der Waals surface area (Å²) in [5.41, 5.74) is 27.9. The van der Waals surface area contributed by atoms with Crippen molar-refractivity contribution in [3.8, 4) is 96.0 Å². The zero-order chi connectivity index (χ0) is 64.3. The van der Waals surface area contributed by atoms with Gasteiger partial charge < -0.3 is 14.4 Å². The van der Waals surface area contributed by atoms with Crippen molar-refractivity contribution in [2.75, 3.05) is 9.80 Å². The quantitative estimate of drug-likeness (QED) is 0.126. The molecule has 8 nitrogen and oxygen atoms in total. The molecule has 0 amide bonds. The van der Waals surface area contributed by atoms with E-state index in [1.807, 2.05) is 42.5 Å². The Kier molecular flexibility index (Phi) is 12.9. The Labute approximate surface area is 562 Å². The first-order chi connectivity index (χ1) is 47.9. The van der Waals surface area contributed by atoms with Gasteiger partial charge in [-0.1, -0.05) is 244 Å². The van der Waals surface area contributed by atoms with E-state index in [-0.39, 0.29) is 12.1 Å². The highest BCUT2D eigenvalue weighted by Crippen LogP contribution is 2.52. The third-order valence-electron chi connectivity index (χ3n) is 20.0. The van der Waals surface area contributed by atoms with Crippen molar-refractivity contribution in [3.05, 3.63) is 333 Å². The molecule has 3 aromatic heterocycles. The summed E-state index contributed by atoms with van der Waals surface area (Å²) < 4.78 is 2.43. The number of nitrogens with zero attached hydrogens (tertiary/aromatic N) is 8. The van der Waals surface area contributed by atoms with Gasteiger partial charge in [-0.25, -0.2) is 24.9 Å². The smallest absolute Gasteiger partial charge is 0.252 e. The lowest BCUT2D eigenvalue weighted by atomic mass is 9.33. The Bertz CT molecular complexity index is 5760. The third-order valence-corrected chi connectivity index (χ3v) is 20.0. The number of benzene rings is 13. The van der Waals surface area contributed by atoms with Gasteiger partial charge in [0.15, 0.2) is 23.3 Å². The lowest BCUT2D eigenvalue weighted by Crippen LogP contribution is -2.61. The number of anilines is 6. The van der Waals surface area contributed by atoms with Gasteiger partial charge in [0.05, 0.1) is 28.1 Å². The molecule has 0 bridgehead atoms. The predicted molar refractivity (Wildman–Crippen MR) is 399 cm³/mol. The van der Waals surface area contributed by atoms with Gasteiger partial charge in [-0.05, 0) is 141 Å². The van der Waals surface area contributed by atoms with Crippen LogP contribution < -0.4 is 26.2 Å². The van der Waals surface area contributed by atoms with Gasteiger partial charge in [-0.2, -0.15) is 0 Å². The molecule has 0 N–H and O–H groups in total. The standard InChI is InChI=1S/C88H59BN8/c1-88(2)70-37-17-15-35-65(70)67-53-68-66-36-16-20-40-76(66)97(82(68)54-71(67)88)77-50-47-61(75-55-74(57-25-7-3-8-26-57)90-84(91-75)58-27-9-4-10-28-58)52-69(77)87-93-85(59-29-11-5-12-30-59)92-86(94-87)62-32-23-31-60(51-62)56-45-48-64(49-46-56)96-79-42-22-19-39-73(79)89-72-38-18-21-41-78(72)95(63-33-13-6-14-34-63)80-43-24-44-81(96)83(80)89/h3-55H,1-2H3. The van der Waals surface area contributed by atoms with Gasteiger partial charge in [-0.15, -0.1) is 0 Å². The second kappa shape index (κ2) is 22.3. The highest BCUT2D eigenvalue weighted by molar-refractivity contribution is 7.00. The van der Waals surface area contributed by atoms with Gasteiger partial charge in [0.1, 0.15) is 0 Å². The van der Waals surface area contributed by atoms with Gasteiger partial charge in [0, 0.05) is 83.7 Å². The molecular formula is C88H59BN8. The van der Waals surface area contributed by atoms with Crippen molar-refractivity contribution < 1.29 is 0 Å². The van der Waals surface area contributed by atoms with Crippen LogP contribution in [0.1, 0.15) is 25.0 Å². The molecule has 454 valence electrons.